The number of allylic oxidation sites excluding steroid dienone is 1. The number of hydrogen-bond acceptors (Lipinski definition) is 5. The normalized spacial score (nSPS) is 10.5. The number of amides is 2. The Morgan fingerprint density at radius 3 is 2.68 bits per heavy atom. The molecule has 1 aromatic heterocycles. The molecule has 0 aliphatic carbocycles. The second kappa shape index (κ2) is 10.9. The monoisotopic (exact) mass is 499 g/mol. The largest absolute Gasteiger partial charge is 0.345 e. The van der Waals surface area contributed by atoms with Crippen molar-refractivity contribution in [1.82, 2.24) is 20.1 Å². The summed E-state index contributed by atoms with van der Waals surface area (Å²) in [5.41, 5.74) is 2.33. The fourth-order valence-corrected chi connectivity index (χ4v) is 3.81. The predicted molar refractivity (Wildman–Crippen MR) is 126 cm³/mol. The van der Waals surface area contributed by atoms with Gasteiger partial charge in [-0.3, -0.25) is 9.59 Å². The van der Waals surface area contributed by atoms with Crippen LogP contribution in [0.5, 0.6) is 0 Å². The van der Waals surface area contributed by atoms with Crippen molar-refractivity contribution in [2.24, 2.45) is 0 Å². The lowest BCUT2D eigenvalue weighted by Crippen LogP contribution is -2.25. The van der Waals surface area contributed by atoms with Gasteiger partial charge >= 0.3 is 0 Å². The first-order chi connectivity index (χ1) is 15.0. The molecule has 31 heavy (non-hydrogen) atoms. The molecule has 2 N–H and O–H groups in total. The first kappa shape index (κ1) is 22.8. The number of thioether (sulfide) groups is 1. The van der Waals surface area contributed by atoms with Crippen LogP contribution in [0.3, 0.4) is 0 Å². The van der Waals surface area contributed by atoms with Crippen LogP contribution >= 0.6 is 27.7 Å². The first-order valence-electron chi connectivity index (χ1n) is 9.52. The summed E-state index contributed by atoms with van der Waals surface area (Å²) in [6, 6.07) is 14.7. The van der Waals surface area contributed by atoms with Gasteiger partial charge in [0.05, 0.1) is 12.3 Å². The predicted octanol–water partition coefficient (Wildman–Crippen LogP) is 4.20. The second-order valence-electron chi connectivity index (χ2n) is 6.69. The molecule has 0 atom stereocenters. The van der Waals surface area contributed by atoms with E-state index in [0.29, 0.717) is 23.1 Å². The van der Waals surface area contributed by atoms with Gasteiger partial charge in [0.15, 0.2) is 11.0 Å². The van der Waals surface area contributed by atoms with Crippen molar-refractivity contribution in [1.29, 1.82) is 0 Å². The molecule has 0 unspecified atom stereocenters. The topological polar surface area (TPSA) is 88.9 Å². The number of aromatic nitrogens is 3. The van der Waals surface area contributed by atoms with Crippen molar-refractivity contribution in [2.45, 2.75) is 25.2 Å². The Morgan fingerprint density at radius 2 is 1.97 bits per heavy atom. The molecule has 9 heteroatoms. The van der Waals surface area contributed by atoms with Crippen LogP contribution in [0.15, 0.2) is 70.8 Å². The first-order valence-corrected chi connectivity index (χ1v) is 11.3. The number of halogens is 1. The second-order valence-corrected chi connectivity index (χ2v) is 8.55. The standard InChI is InChI=1S/C22H22BrN5O2S/c1-3-11-28-19(13-24-21(30)16-6-4-5-15(2)12-16)26-27-22(28)31-14-20(29)25-18-9-7-17(23)8-10-18/h3-10,12H,1,11,13-14H2,2H3,(H,24,30)(H,25,29). The Bertz CT molecular complexity index is 1080. The van der Waals surface area contributed by atoms with Gasteiger partial charge in [0.1, 0.15) is 0 Å². The fraction of sp³-hybridized carbons (Fsp3) is 0.182. The Labute approximate surface area is 193 Å². The number of carbonyl (C=O) groups is 2. The van der Waals surface area contributed by atoms with E-state index in [1.165, 1.54) is 11.8 Å². The number of nitrogens with zero attached hydrogens (tertiary/aromatic N) is 3. The van der Waals surface area contributed by atoms with Crippen molar-refractivity contribution in [3.8, 4) is 0 Å². The molecule has 0 aliphatic heterocycles. The fourth-order valence-electron chi connectivity index (χ4n) is 2.78. The lowest BCUT2D eigenvalue weighted by atomic mass is 10.1. The van der Waals surface area contributed by atoms with E-state index >= 15 is 0 Å². The lowest BCUT2D eigenvalue weighted by Gasteiger charge is -2.09. The van der Waals surface area contributed by atoms with Gasteiger partial charge in [-0.15, -0.1) is 16.8 Å². The third-order valence-electron chi connectivity index (χ3n) is 4.25. The van der Waals surface area contributed by atoms with E-state index in [2.05, 4.69) is 43.3 Å². The SMILES string of the molecule is C=CCn1c(CNC(=O)c2cccc(C)c2)nnc1SCC(=O)Nc1ccc(Br)cc1. The summed E-state index contributed by atoms with van der Waals surface area (Å²) >= 11 is 4.65. The van der Waals surface area contributed by atoms with Gasteiger partial charge in [-0.1, -0.05) is 51.5 Å². The van der Waals surface area contributed by atoms with Crippen LogP contribution in [0.2, 0.25) is 0 Å². The van der Waals surface area contributed by atoms with Crippen LogP contribution in [0, 0.1) is 6.92 Å². The van der Waals surface area contributed by atoms with Crippen molar-refractivity contribution >= 4 is 45.2 Å². The molecule has 2 amide bonds. The summed E-state index contributed by atoms with van der Waals surface area (Å²) in [7, 11) is 0. The van der Waals surface area contributed by atoms with Gasteiger partial charge < -0.3 is 15.2 Å². The van der Waals surface area contributed by atoms with E-state index in [4.69, 9.17) is 0 Å². The molecule has 0 aliphatic rings. The Balaban J connectivity index is 1.60. The molecule has 0 radical (unpaired) electrons. The molecule has 3 rings (SSSR count). The van der Waals surface area contributed by atoms with Gasteiger partial charge in [-0.25, -0.2) is 0 Å². The maximum atomic E-state index is 12.4. The minimum atomic E-state index is -0.181. The number of carbonyl (C=O) groups excluding carboxylic acids is 2. The average Bonchev–Trinajstić information content (AvgIpc) is 3.14. The average molecular weight is 500 g/mol. The highest BCUT2D eigenvalue weighted by Crippen LogP contribution is 2.19. The number of aryl methyl sites for hydroxylation is 1. The summed E-state index contributed by atoms with van der Waals surface area (Å²) in [4.78, 5) is 24.7. The highest BCUT2D eigenvalue weighted by Gasteiger charge is 2.15. The molecule has 0 saturated heterocycles. The third-order valence-corrected chi connectivity index (χ3v) is 5.75. The van der Waals surface area contributed by atoms with E-state index in [1.807, 2.05) is 54.0 Å². The smallest absolute Gasteiger partial charge is 0.251 e. The quantitative estimate of drug-likeness (QED) is 0.340. The zero-order valence-corrected chi connectivity index (χ0v) is 19.4. The number of hydrogen-bond donors (Lipinski definition) is 2. The Hall–Kier alpha value is -2.91. The minimum absolute atomic E-state index is 0.144. The molecular weight excluding hydrogens is 478 g/mol. The van der Waals surface area contributed by atoms with E-state index in [-0.39, 0.29) is 24.1 Å². The zero-order chi connectivity index (χ0) is 22.2. The number of rotatable bonds is 9. The van der Waals surface area contributed by atoms with Crippen LogP contribution in [-0.2, 0) is 17.9 Å². The number of benzene rings is 2. The van der Waals surface area contributed by atoms with Gasteiger partial charge in [-0.05, 0) is 43.3 Å². The molecule has 160 valence electrons. The van der Waals surface area contributed by atoms with Gasteiger partial charge in [0.2, 0.25) is 5.91 Å². The van der Waals surface area contributed by atoms with E-state index in [1.54, 1.807) is 12.1 Å². The highest BCUT2D eigenvalue weighted by molar-refractivity contribution is 9.10. The van der Waals surface area contributed by atoms with Crippen LogP contribution in [0.1, 0.15) is 21.7 Å². The summed E-state index contributed by atoms with van der Waals surface area (Å²) in [6.45, 7) is 6.40. The van der Waals surface area contributed by atoms with Crippen molar-refractivity contribution in [3.63, 3.8) is 0 Å². The summed E-state index contributed by atoms with van der Waals surface area (Å²) < 4.78 is 2.78. The molecule has 0 bridgehead atoms. The summed E-state index contributed by atoms with van der Waals surface area (Å²) in [5, 5.41) is 14.7. The summed E-state index contributed by atoms with van der Waals surface area (Å²) in [5.74, 6) is 0.451. The minimum Gasteiger partial charge on any atom is -0.345 e. The van der Waals surface area contributed by atoms with E-state index in [0.717, 1.165) is 15.7 Å². The molecular formula is C22H22BrN5O2S. The molecule has 0 fully saturated rings. The maximum Gasteiger partial charge on any atom is 0.251 e. The third kappa shape index (κ3) is 6.53. The Morgan fingerprint density at radius 1 is 1.19 bits per heavy atom. The van der Waals surface area contributed by atoms with Crippen LogP contribution in [0.25, 0.3) is 0 Å². The van der Waals surface area contributed by atoms with Gasteiger partial charge in [0, 0.05) is 22.3 Å². The molecule has 2 aromatic carbocycles. The van der Waals surface area contributed by atoms with Crippen LogP contribution < -0.4 is 10.6 Å². The van der Waals surface area contributed by atoms with Gasteiger partial charge in [0.25, 0.3) is 5.91 Å². The van der Waals surface area contributed by atoms with Crippen LogP contribution in [0.4, 0.5) is 5.69 Å². The van der Waals surface area contributed by atoms with Crippen molar-refractivity contribution in [2.75, 3.05) is 11.1 Å². The summed E-state index contributed by atoms with van der Waals surface area (Å²) in [6.07, 6.45) is 1.72. The number of anilines is 1. The van der Waals surface area contributed by atoms with E-state index < -0.39 is 0 Å². The van der Waals surface area contributed by atoms with Crippen molar-refractivity contribution in [3.05, 3.63) is 82.6 Å². The molecule has 1 heterocycles. The van der Waals surface area contributed by atoms with Gasteiger partial charge in [-0.2, -0.15) is 0 Å². The molecule has 7 nitrogen and oxygen atoms in total. The maximum absolute atomic E-state index is 12.4. The molecule has 0 saturated carbocycles. The zero-order valence-electron chi connectivity index (χ0n) is 17.0. The Kier molecular flexibility index (Phi) is 8.02. The highest BCUT2D eigenvalue weighted by atomic mass is 79.9. The molecule has 0 spiro atoms. The van der Waals surface area contributed by atoms with Crippen molar-refractivity contribution < 1.29 is 9.59 Å². The molecule has 3 aromatic rings. The lowest BCUT2D eigenvalue weighted by molar-refractivity contribution is -0.113. The number of nitrogens with one attached hydrogen (secondary N) is 2. The van der Waals surface area contributed by atoms with Crippen LogP contribution in [-0.4, -0.2) is 32.3 Å². The van der Waals surface area contributed by atoms with E-state index in [9.17, 15) is 9.59 Å².